The van der Waals surface area contributed by atoms with Crippen molar-refractivity contribution in [2.24, 2.45) is 12.5 Å². The summed E-state index contributed by atoms with van der Waals surface area (Å²) in [4.78, 5) is 23.3. The van der Waals surface area contributed by atoms with Crippen molar-refractivity contribution < 1.29 is 4.79 Å². The number of rotatable bonds is 6. The molecule has 1 amide bonds. The van der Waals surface area contributed by atoms with E-state index in [1.807, 2.05) is 11.0 Å². The molecular weight excluding hydrogens is 420 g/mol. The molecule has 33 heavy (non-hydrogen) atoms. The number of nitrogens with one attached hydrogen (secondary N) is 3. The Hall–Kier alpha value is -3.50. The van der Waals surface area contributed by atoms with E-state index < -0.39 is 0 Å². The summed E-state index contributed by atoms with van der Waals surface area (Å²) in [6.45, 7) is 1.54. The van der Waals surface area contributed by atoms with Crippen molar-refractivity contribution in [1.29, 1.82) is 0 Å². The highest BCUT2D eigenvalue weighted by Crippen LogP contribution is 2.49. The summed E-state index contributed by atoms with van der Waals surface area (Å²) in [5, 5.41) is 22.1. The van der Waals surface area contributed by atoms with Crippen LogP contribution in [0.1, 0.15) is 60.6 Å². The second kappa shape index (κ2) is 7.82. The summed E-state index contributed by atoms with van der Waals surface area (Å²) < 4.78 is 1.55. The molecule has 1 spiro atoms. The number of H-pyrrole nitrogens is 1. The highest BCUT2D eigenvalue weighted by molar-refractivity contribution is 5.92. The molecule has 1 saturated heterocycles. The van der Waals surface area contributed by atoms with Crippen molar-refractivity contribution in [1.82, 2.24) is 40.1 Å². The quantitative estimate of drug-likeness (QED) is 0.524. The molecule has 0 bridgehead atoms. The Morgan fingerprint density at radius 1 is 1.21 bits per heavy atom. The van der Waals surface area contributed by atoms with Gasteiger partial charge >= 0.3 is 0 Å². The van der Waals surface area contributed by atoms with Crippen LogP contribution in [0.3, 0.4) is 0 Å². The average molecular weight is 449 g/mol. The van der Waals surface area contributed by atoms with Gasteiger partial charge in [-0.05, 0) is 31.7 Å². The van der Waals surface area contributed by atoms with Crippen LogP contribution in [0.4, 0.5) is 17.6 Å². The predicted octanol–water partition coefficient (Wildman–Crippen LogP) is 2.45. The lowest BCUT2D eigenvalue weighted by atomic mass is 9.60. The molecule has 3 aliphatic rings. The molecule has 1 aliphatic heterocycles. The maximum atomic E-state index is 12.5. The topological polar surface area (TPSA) is 130 Å². The van der Waals surface area contributed by atoms with Crippen molar-refractivity contribution in [3.63, 3.8) is 0 Å². The van der Waals surface area contributed by atoms with Gasteiger partial charge in [0, 0.05) is 55.5 Å². The van der Waals surface area contributed by atoms with E-state index in [0.29, 0.717) is 23.6 Å². The number of carbonyl (C=O) groups is 1. The first kappa shape index (κ1) is 20.1. The second-order valence-electron chi connectivity index (χ2n) is 9.77. The summed E-state index contributed by atoms with van der Waals surface area (Å²) >= 11 is 0. The zero-order valence-electron chi connectivity index (χ0n) is 18.7. The van der Waals surface area contributed by atoms with Crippen LogP contribution in [0.2, 0.25) is 0 Å². The Bertz CT molecular complexity index is 1150. The van der Waals surface area contributed by atoms with Gasteiger partial charge in [0.15, 0.2) is 11.5 Å². The summed E-state index contributed by atoms with van der Waals surface area (Å²) in [5.74, 6) is 2.67. The molecule has 3 fully saturated rings. The fourth-order valence-corrected chi connectivity index (χ4v) is 5.52. The lowest BCUT2D eigenvalue weighted by Gasteiger charge is -2.58. The van der Waals surface area contributed by atoms with Gasteiger partial charge in [0.25, 0.3) is 5.91 Å². The van der Waals surface area contributed by atoms with Gasteiger partial charge in [-0.1, -0.05) is 18.1 Å². The smallest absolute Gasteiger partial charge is 0.276 e. The first-order valence-electron chi connectivity index (χ1n) is 11.6. The molecule has 2 aliphatic carbocycles. The predicted molar refractivity (Wildman–Crippen MR) is 121 cm³/mol. The van der Waals surface area contributed by atoms with Crippen molar-refractivity contribution in [3.05, 3.63) is 35.9 Å². The maximum absolute atomic E-state index is 12.5. The number of likely N-dealkylation sites (tertiary alicyclic amines) is 1. The molecule has 2 saturated carbocycles. The van der Waals surface area contributed by atoms with Crippen molar-refractivity contribution in [2.45, 2.75) is 50.5 Å². The fourth-order valence-electron chi connectivity index (χ4n) is 5.52. The third-order valence-electron chi connectivity index (χ3n) is 7.16. The van der Waals surface area contributed by atoms with Crippen LogP contribution in [0, 0.1) is 5.41 Å². The number of aromatic nitrogens is 7. The molecule has 4 heterocycles. The van der Waals surface area contributed by atoms with E-state index in [1.54, 1.807) is 24.1 Å². The van der Waals surface area contributed by atoms with E-state index in [9.17, 15) is 4.79 Å². The van der Waals surface area contributed by atoms with Crippen LogP contribution in [0.15, 0.2) is 24.5 Å². The average Bonchev–Trinajstić information content (AvgIpc) is 3.50. The van der Waals surface area contributed by atoms with E-state index >= 15 is 0 Å². The molecule has 0 atom stereocenters. The number of anilines is 3. The Balaban J connectivity index is 1.00. The molecular formula is C22H28N10O. The number of aromatic amines is 1. The Morgan fingerprint density at radius 2 is 2.03 bits per heavy atom. The van der Waals surface area contributed by atoms with Crippen LogP contribution >= 0.6 is 0 Å². The highest BCUT2D eigenvalue weighted by atomic mass is 16.2. The standard InChI is InChI=1S/C22H28N10O/c1-31-11-17(28-30-31)20(33)32-12-22(13-32)9-15(10-22)24-21-23-7-6-18(26-21)25-19-8-16(27-29-19)14-4-2-3-5-14/h6-8,11,14-15H,2-5,9-10,12-13H2,1H3,(H3,23,24,25,26,27,29). The molecule has 0 radical (unpaired) electrons. The Kier molecular flexibility index (Phi) is 4.77. The highest BCUT2D eigenvalue weighted by Gasteiger charge is 2.54. The number of nitrogens with zero attached hydrogens (tertiary/aromatic N) is 7. The molecule has 11 nitrogen and oxygen atoms in total. The molecule has 6 rings (SSSR count). The van der Waals surface area contributed by atoms with Gasteiger partial charge in [0.2, 0.25) is 5.95 Å². The SMILES string of the molecule is Cn1cc(C(=O)N2CC3(CC(Nc4nccc(Nc5cc(C6CCCC6)[nH]n5)n4)C3)C2)nn1. The largest absolute Gasteiger partial charge is 0.351 e. The van der Waals surface area contributed by atoms with Gasteiger partial charge in [-0.15, -0.1) is 5.10 Å². The molecule has 0 unspecified atom stereocenters. The third-order valence-corrected chi connectivity index (χ3v) is 7.16. The normalized spacial score (nSPS) is 20.0. The minimum Gasteiger partial charge on any atom is -0.351 e. The van der Waals surface area contributed by atoms with Crippen LogP contribution < -0.4 is 10.6 Å². The van der Waals surface area contributed by atoms with Gasteiger partial charge in [-0.3, -0.25) is 14.6 Å². The number of hydrogen-bond acceptors (Lipinski definition) is 8. The number of carbonyl (C=O) groups excluding carboxylic acids is 1. The van der Waals surface area contributed by atoms with Crippen molar-refractivity contribution in [3.8, 4) is 0 Å². The lowest BCUT2D eigenvalue weighted by molar-refractivity contribution is -0.0496. The summed E-state index contributed by atoms with van der Waals surface area (Å²) in [7, 11) is 1.76. The molecule has 0 aromatic carbocycles. The molecule has 3 aromatic rings. The van der Waals surface area contributed by atoms with Crippen LogP contribution in [0.25, 0.3) is 0 Å². The Morgan fingerprint density at radius 3 is 2.79 bits per heavy atom. The monoisotopic (exact) mass is 448 g/mol. The van der Waals surface area contributed by atoms with Crippen LogP contribution in [-0.4, -0.2) is 65.1 Å². The summed E-state index contributed by atoms with van der Waals surface area (Å²) in [6, 6.07) is 4.25. The lowest BCUT2D eigenvalue weighted by Crippen LogP contribution is -2.66. The zero-order chi connectivity index (χ0) is 22.4. The number of amides is 1. The van der Waals surface area contributed by atoms with E-state index in [2.05, 4.69) is 47.2 Å². The first-order valence-corrected chi connectivity index (χ1v) is 11.6. The molecule has 3 N–H and O–H groups in total. The zero-order valence-corrected chi connectivity index (χ0v) is 18.7. The van der Waals surface area contributed by atoms with E-state index in [0.717, 1.165) is 37.6 Å². The maximum Gasteiger partial charge on any atom is 0.276 e. The molecule has 172 valence electrons. The minimum absolute atomic E-state index is 0.0401. The third kappa shape index (κ3) is 3.91. The van der Waals surface area contributed by atoms with Gasteiger partial charge in [-0.25, -0.2) is 4.98 Å². The van der Waals surface area contributed by atoms with Crippen molar-refractivity contribution >= 4 is 23.5 Å². The minimum atomic E-state index is -0.0401. The second-order valence-corrected chi connectivity index (χ2v) is 9.77. The molecule has 11 heteroatoms. The van der Waals surface area contributed by atoms with Crippen LogP contribution in [0.5, 0.6) is 0 Å². The van der Waals surface area contributed by atoms with Gasteiger partial charge in [0.05, 0.1) is 6.20 Å². The first-order chi connectivity index (χ1) is 16.1. The number of aryl methyl sites for hydroxylation is 1. The van der Waals surface area contributed by atoms with Crippen LogP contribution in [-0.2, 0) is 7.05 Å². The van der Waals surface area contributed by atoms with E-state index in [-0.39, 0.29) is 11.3 Å². The fraction of sp³-hybridized carbons (Fsp3) is 0.545. The van der Waals surface area contributed by atoms with Gasteiger partial charge in [0.1, 0.15) is 5.82 Å². The van der Waals surface area contributed by atoms with E-state index in [4.69, 9.17) is 0 Å². The van der Waals surface area contributed by atoms with Gasteiger partial charge in [-0.2, -0.15) is 10.1 Å². The molecule has 3 aromatic heterocycles. The van der Waals surface area contributed by atoms with Gasteiger partial charge < -0.3 is 15.5 Å². The summed E-state index contributed by atoms with van der Waals surface area (Å²) in [6.07, 6.45) is 10.5. The van der Waals surface area contributed by atoms with Crippen molar-refractivity contribution in [2.75, 3.05) is 23.7 Å². The van der Waals surface area contributed by atoms with E-state index in [1.165, 1.54) is 31.4 Å². The summed E-state index contributed by atoms with van der Waals surface area (Å²) in [5.41, 5.74) is 1.82. The Labute approximate surface area is 191 Å². The number of hydrogen-bond donors (Lipinski definition) is 3.